The zero-order valence-corrected chi connectivity index (χ0v) is 16.9. The highest BCUT2D eigenvalue weighted by molar-refractivity contribution is 5.92. The van der Waals surface area contributed by atoms with Crippen molar-refractivity contribution in [3.05, 3.63) is 24.3 Å². The number of hydrogen-bond donors (Lipinski definition) is 4. The SMILES string of the molecule is C=C(C)C(=O)NCCNC(=O)C1CCCCC1C(=O)NCCNC(=O)C(=C)C. The minimum Gasteiger partial charge on any atom is -0.354 e. The van der Waals surface area contributed by atoms with Gasteiger partial charge in [-0.25, -0.2) is 0 Å². The van der Waals surface area contributed by atoms with E-state index in [-0.39, 0.29) is 35.5 Å². The first-order valence-electron chi connectivity index (χ1n) is 9.66. The molecule has 156 valence electrons. The Labute approximate surface area is 166 Å². The summed E-state index contributed by atoms with van der Waals surface area (Å²) >= 11 is 0. The molecule has 0 heterocycles. The Morgan fingerprint density at radius 1 is 0.679 bits per heavy atom. The fourth-order valence-corrected chi connectivity index (χ4v) is 3.05. The van der Waals surface area contributed by atoms with Gasteiger partial charge in [0.1, 0.15) is 0 Å². The van der Waals surface area contributed by atoms with Crippen molar-refractivity contribution in [3.8, 4) is 0 Å². The van der Waals surface area contributed by atoms with Crippen LogP contribution in [0.3, 0.4) is 0 Å². The minimum absolute atomic E-state index is 0.167. The van der Waals surface area contributed by atoms with E-state index in [1.807, 2.05) is 0 Å². The maximum Gasteiger partial charge on any atom is 0.246 e. The molecule has 0 bridgehead atoms. The Bertz CT molecular complexity index is 576. The molecular formula is C20H32N4O4. The smallest absolute Gasteiger partial charge is 0.246 e. The maximum atomic E-state index is 12.5. The molecule has 1 aliphatic carbocycles. The maximum absolute atomic E-state index is 12.5. The van der Waals surface area contributed by atoms with E-state index in [1.165, 1.54) is 0 Å². The van der Waals surface area contributed by atoms with Gasteiger partial charge in [0.25, 0.3) is 0 Å². The minimum atomic E-state index is -0.379. The Morgan fingerprint density at radius 2 is 1.00 bits per heavy atom. The van der Waals surface area contributed by atoms with Crippen LogP contribution in [-0.4, -0.2) is 49.8 Å². The summed E-state index contributed by atoms with van der Waals surface area (Å²) in [6.07, 6.45) is 3.13. The van der Waals surface area contributed by atoms with Gasteiger partial charge in [-0.3, -0.25) is 19.2 Å². The van der Waals surface area contributed by atoms with Crippen LogP contribution in [0.4, 0.5) is 0 Å². The summed E-state index contributed by atoms with van der Waals surface area (Å²) in [5, 5.41) is 10.9. The number of rotatable bonds is 10. The summed E-state index contributed by atoms with van der Waals surface area (Å²) in [6.45, 7) is 11.5. The van der Waals surface area contributed by atoms with Crippen LogP contribution in [0, 0.1) is 11.8 Å². The van der Waals surface area contributed by atoms with Gasteiger partial charge in [0.05, 0.1) is 0 Å². The highest BCUT2D eigenvalue weighted by Crippen LogP contribution is 2.30. The Balaban J connectivity index is 2.42. The molecule has 4 amide bonds. The third kappa shape index (κ3) is 7.94. The van der Waals surface area contributed by atoms with E-state index in [1.54, 1.807) is 13.8 Å². The van der Waals surface area contributed by atoms with Gasteiger partial charge < -0.3 is 21.3 Å². The molecule has 2 unspecified atom stereocenters. The van der Waals surface area contributed by atoms with E-state index in [9.17, 15) is 19.2 Å². The lowest BCUT2D eigenvalue weighted by Gasteiger charge is -2.29. The Kier molecular flexibility index (Phi) is 9.98. The molecule has 1 fully saturated rings. The van der Waals surface area contributed by atoms with Crippen molar-refractivity contribution in [2.24, 2.45) is 11.8 Å². The van der Waals surface area contributed by atoms with E-state index < -0.39 is 0 Å². The first-order valence-corrected chi connectivity index (χ1v) is 9.66. The molecule has 1 rings (SSSR count). The van der Waals surface area contributed by atoms with Crippen molar-refractivity contribution in [1.82, 2.24) is 21.3 Å². The van der Waals surface area contributed by atoms with E-state index in [0.29, 0.717) is 50.2 Å². The predicted octanol–water partition coefficient (Wildman–Crippen LogP) is 0.410. The van der Waals surface area contributed by atoms with Crippen molar-refractivity contribution in [2.45, 2.75) is 39.5 Å². The van der Waals surface area contributed by atoms with Crippen LogP contribution >= 0.6 is 0 Å². The average Bonchev–Trinajstić information content (AvgIpc) is 2.67. The largest absolute Gasteiger partial charge is 0.354 e. The van der Waals surface area contributed by atoms with E-state index in [2.05, 4.69) is 34.4 Å². The molecule has 0 aliphatic heterocycles. The van der Waals surface area contributed by atoms with Crippen molar-refractivity contribution >= 4 is 23.6 Å². The normalized spacial score (nSPS) is 18.5. The average molecular weight is 393 g/mol. The van der Waals surface area contributed by atoms with Crippen molar-refractivity contribution in [2.75, 3.05) is 26.2 Å². The molecule has 28 heavy (non-hydrogen) atoms. The van der Waals surface area contributed by atoms with E-state index in [4.69, 9.17) is 0 Å². The molecule has 8 nitrogen and oxygen atoms in total. The third-order valence-corrected chi connectivity index (χ3v) is 4.63. The topological polar surface area (TPSA) is 116 Å². The summed E-state index contributed by atoms with van der Waals surface area (Å²) in [5.74, 6) is -1.59. The second-order valence-corrected chi connectivity index (χ2v) is 7.15. The van der Waals surface area contributed by atoms with E-state index in [0.717, 1.165) is 12.8 Å². The lowest BCUT2D eigenvalue weighted by Crippen LogP contribution is -2.46. The molecule has 0 radical (unpaired) electrons. The van der Waals surface area contributed by atoms with Gasteiger partial charge in [-0.1, -0.05) is 26.0 Å². The molecular weight excluding hydrogens is 360 g/mol. The zero-order valence-electron chi connectivity index (χ0n) is 16.9. The van der Waals surface area contributed by atoms with E-state index >= 15 is 0 Å². The van der Waals surface area contributed by atoms with Crippen LogP contribution in [0.25, 0.3) is 0 Å². The molecule has 1 saturated carbocycles. The van der Waals surface area contributed by atoms with Crippen molar-refractivity contribution in [1.29, 1.82) is 0 Å². The molecule has 0 aromatic heterocycles. The summed E-state index contributed by atoms with van der Waals surface area (Å²) in [6, 6.07) is 0. The van der Waals surface area contributed by atoms with Gasteiger partial charge >= 0.3 is 0 Å². The van der Waals surface area contributed by atoms with Gasteiger partial charge in [0.15, 0.2) is 0 Å². The van der Waals surface area contributed by atoms with Gasteiger partial charge in [0, 0.05) is 49.2 Å². The lowest BCUT2D eigenvalue weighted by atomic mass is 9.78. The number of amides is 4. The number of hydrogen-bond acceptors (Lipinski definition) is 4. The molecule has 1 aliphatic rings. The summed E-state index contributed by atoms with van der Waals surface area (Å²) in [7, 11) is 0. The first-order chi connectivity index (χ1) is 13.2. The van der Waals surface area contributed by atoms with Gasteiger partial charge in [-0.15, -0.1) is 0 Å². The van der Waals surface area contributed by atoms with Crippen LogP contribution in [-0.2, 0) is 19.2 Å². The summed E-state index contributed by atoms with van der Waals surface area (Å²) in [4.78, 5) is 47.9. The second-order valence-electron chi connectivity index (χ2n) is 7.15. The molecule has 4 N–H and O–H groups in total. The highest BCUT2D eigenvalue weighted by atomic mass is 16.2. The number of carbonyl (C=O) groups excluding carboxylic acids is 4. The first kappa shape index (κ1) is 23.4. The van der Waals surface area contributed by atoms with Crippen LogP contribution in [0.2, 0.25) is 0 Å². The van der Waals surface area contributed by atoms with Crippen LogP contribution in [0.15, 0.2) is 24.3 Å². The predicted molar refractivity (Wildman–Crippen MR) is 107 cm³/mol. The van der Waals surface area contributed by atoms with Crippen molar-refractivity contribution < 1.29 is 19.2 Å². The summed E-state index contributed by atoms with van der Waals surface area (Å²) in [5.41, 5.74) is 0.824. The van der Waals surface area contributed by atoms with Crippen LogP contribution in [0.1, 0.15) is 39.5 Å². The Morgan fingerprint density at radius 3 is 1.32 bits per heavy atom. The second kappa shape index (κ2) is 11.9. The van der Waals surface area contributed by atoms with Crippen molar-refractivity contribution in [3.63, 3.8) is 0 Å². The van der Waals surface area contributed by atoms with Gasteiger partial charge in [-0.05, 0) is 26.7 Å². The molecule has 2 atom stereocenters. The number of carbonyl (C=O) groups is 4. The zero-order chi connectivity index (χ0) is 21.1. The van der Waals surface area contributed by atoms with Gasteiger partial charge in [-0.2, -0.15) is 0 Å². The fourth-order valence-electron chi connectivity index (χ4n) is 3.05. The highest BCUT2D eigenvalue weighted by Gasteiger charge is 2.35. The quantitative estimate of drug-likeness (QED) is 0.318. The van der Waals surface area contributed by atoms with Crippen LogP contribution in [0.5, 0.6) is 0 Å². The Hall–Kier alpha value is -2.64. The van der Waals surface area contributed by atoms with Crippen LogP contribution < -0.4 is 21.3 Å². The molecule has 0 aromatic rings. The molecule has 0 spiro atoms. The summed E-state index contributed by atoms with van der Waals surface area (Å²) < 4.78 is 0. The lowest BCUT2D eigenvalue weighted by molar-refractivity contribution is -0.136. The molecule has 8 heteroatoms. The monoisotopic (exact) mass is 392 g/mol. The number of nitrogens with one attached hydrogen (secondary N) is 4. The standard InChI is InChI=1S/C20H32N4O4/c1-13(2)17(25)21-9-11-23-19(27)15-7-5-6-8-16(15)20(28)24-12-10-22-18(26)14(3)4/h15-16H,1,3,5-12H2,2,4H3,(H,21,25)(H,22,26)(H,23,27)(H,24,28). The molecule has 0 aromatic carbocycles. The molecule has 0 saturated heterocycles. The fraction of sp³-hybridized carbons (Fsp3) is 0.600. The van der Waals surface area contributed by atoms with Gasteiger partial charge in [0.2, 0.25) is 23.6 Å². The third-order valence-electron chi connectivity index (χ3n) is 4.63.